The van der Waals surface area contributed by atoms with Crippen molar-refractivity contribution < 1.29 is 14.5 Å². The molecule has 0 atom stereocenters. The van der Waals surface area contributed by atoms with Crippen LogP contribution in [0.2, 0.25) is 0 Å². The molecular weight excluding hydrogens is 490 g/mol. The van der Waals surface area contributed by atoms with Gasteiger partial charge in [-0.15, -0.1) is 0 Å². The van der Waals surface area contributed by atoms with Gasteiger partial charge in [-0.05, 0) is 18.2 Å². The van der Waals surface area contributed by atoms with Crippen molar-refractivity contribution in [3.05, 3.63) is 34.6 Å². The van der Waals surface area contributed by atoms with Gasteiger partial charge in [-0.1, -0.05) is 22.0 Å². The molecule has 0 heterocycles. The molecule has 0 saturated heterocycles. The second kappa shape index (κ2) is 8.32. The zero-order chi connectivity index (χ0) is 8.69. The molecule has 0 radical (unpaired) electrons. The number of halogens is 4. The Balaban J connectivity index is 0.000000292. The van der Waals surface area contributed by atoms with E-state index >= 15 is 0 Å². The van der Waals surface area contributed by atoms with Crippen molar-refractivity contribution in [3.63, 3.8) is 0 Å². The fourth-order valence-corrected chi connectivity index (χ4v) is 0.831. The number of hydrogen-bond donors (Lipinski definition) is 0. The Morgan fingerprint density at radius 1 is 1.36 bits per heavy atom. The first-order valence-electron chi connectivity index (χ1n) is 2.73. The molecule has 0 aliphatic rings. The Bertz CT molecular complexity index is 192. The van der Waals surface area contributed by atoms with E-state index in [0.29, 0.717) is 0 Å². The predicted molar refractivity (Wildman–Crippen MR) is 62.1 cm³/mol. The van der Waals surface area contributed by atoms with Crippen LogP contribution in [0.15, 0.2) is 28.7 Å². The van der Waals surface area contributed by atoms with Gasteiger partial charge < -0.3 is 0 Å². The Hall–Kier alpha value is 1.71. The second-order valence-corrected chi connectivity index (χ2v) is 26.0. The van der Waals surface area contributed by atoms with Crippen molar-refractivity contribution in [1.82, 2.24) is 0 Å². The Morgan fingerprint density at radius 2 is 1.91 bits per heavy atom. The van der Waals surface area contributed by atoms with Gasteiger partial charge in [0.1, 0.15) is 5.82 Å². The van der Waals surface area contributed by atoms with E-state index in [2.05, 4.69) is 55.4 Å². The molecule has 0 saturated carbocycles. The summed E-state index contributed by atoms with van der Waals surface area (Å²) in [5, 5.41) is 0. The summed E-state index contributed by atoms with van der Waals surface area (Å²) in [6.45, 7) is 0. The Labute approximate surface area is 103 Å². The van der Waals surface area contributed by atoms with E-state index in [1.54, 1.807) is 12.1 Å². The molecule has 1 aromatic carbocycles. The summed E-state index contributed by atoms with van der Waals surface area (Å²) in [5.74, 6) is -0.209. The molecule has 11 heavy (non-hydrogen) atoms. The van der Waals surface area contributed by atoms with Gasteiger partial charge >= 0.3 is 49.6 Å². The summed E-state index contributed by atoms with van der Waals surface area (Å²) in [7, 11) is 0.0650. The van der Waals surface area contributed by atoms with E-state index in [9.17, 15) is 4.39 Å². The molecule has 0 aromatic heterocycles. The van der Waals surface area contributed by atoms with Gasteiger partial charge in [0.15, 0.2) is 0 Å². The zero-order valence-electron chi connectivity index (χ0n) is 5.53. The van der Waals surface area contributed by atoms with Crippen LogP contribution in [0.3, 0.4) is 0 Å². The van der Waals surface area contributed by atoms with E-state index in [0.717, 1.165) is 4.47 Å². The third kappa shape index (κ3) is 8.05. The Morgan fingerprint density at radius 3 is 2.18 bits per heavy atom. The summed E-state index contributed by atoms with van der Waals surface area (Å²) < 4.78 is 12.9. The normalized spacial score (nSPS) is 7.64. The molecule has 5 heteroatoms. The monoisotopic (exact) mass is 492 g/mol. The van der Waals surface area contributed by atoms with Crippen LogP contribution in [-0.4, -0.2) is 0 Å². The molecule has 1 rings (SSSR count). The molecule has 0 aliphatic carbocycles. The zero-order valence-corrected chi connectivity index (χ0v) is 14.4. The minimum atomic E-state index is -0.209. The molecule has 0 bridgehead atoms. The van der Waals surface area contributed by atoms with Crippen molar-refractivity contribution in [1.29, 1.82) is 0 Å². The molecular formula is C6H4BrFI2Zn. The molecule has 0 nitrogen and oxygen atoms in total. The van der Waals surface area contributed by atoms with Crippen molar-refractivity contribution in [2.45, 2.75) is 0 Å². The average Bonchev–Trinajstić information content (AvgIpc) is 1.88. The number of rotatable bonds is 0. The predicted octanol–water partition coefficient (Wildman–Crippen LogP) is 4.36. The van der Waals surface area contributed by atoms with Gasteiger partial charge in [0.2, 0.25) is 0 Å². The van der Waals surface area contributed by atoms with Crippen molar-refractivity contribution in [2.75, 3.05) is 0 Å². The van der Waals surface area contributed by atoms with Crippen LogP contribution in [0, 0.1) is 5.82 Å². The fourth-order valence-electron chi connectivity index (χ4n) is 0.460. The first kappa shape index (κ1) is 12.7. The Kier molecular flexibility index (Phi) is 9.61. The number of hydrogen-bond acceptors (Lipinski definition) is 0. The summed E-state index contributed by atoms with van der Waals surface area (Å²) in [4.78, 5) is 0. The van der Waals surface area contributed by atoms with Gasteiger partial charge in [0.25, 0.3) is 0 Å². The van der Waals surface area contributed by atoms with Gasteiger partial charge in [0.05, 0.1) is 0 Å². The van der Waals surface area contributed by atoms with Gasteiger partial charge in [0, 0.05) is 4.47 Å². The summed E-state index contributed by atoms with van der Waals surface area (Å²) in [5.41, 5.74) is 0. The van der Waals surface area contributed by atoms with E-state index < -0.39 is 0 Å². The molecule has 0 N–H and O–H groups in total. The SMILES string of the molecule is Fc1cccc(Br)c1.[I][Zn][I]. The van der Waals surface area contributed by atoms with E-state index in [1.165, 1.54) is 12.1 Å². The van der Waals surface area contributed by atoms with Gasteiger partial charge in [-0.3, -0.25) is 0 Å². The molecule has 0 aliphatic heterocycles. The van der Waals surface area contributed by atoms with Crippen LogP contribution in [0.5, 0.6) is 0 Å². The first-order chi connectivity index (χ1) is 5.20. The molecule has 0 fully saturated rings. The standard InChI is InChI=1S/C6H4BrF.2HI.Zn/c7-5-2-1-3-6(8)4-5;;;/h1-4H;2*1H;/q;;;+2/p-2. The van der Waals surface area contributed by atoms with Crippen LogP contribution in [0.1, 0.15) is 0 Å². The average molecular weight is 494 g/mol. The maximum atomic E-state index is 12.1. The third-order valence-corrected chi connectivity index (χ3v) is 1.28. The molecule has 58 valence electrons. The minimum absolute atomic E-state index is 0.0650. The van der Waals surface area contributed by atoms with E-state index in [1.807, 2.05) is 0 Å². The van der Waals surface area contributed by atoms with Crippen molar-refractivity contribution >= 4 is 55.4 Å². The molecule has 0 amide bonds. The number of benzene rings is 1. The molecule has 0 unspecified atom stereocenters. The van der Waals surface area contributed by atoms with Gasteiger partial charge in [-0.25, -0.2) is 4.39 Å². The van der Waals surface area contributed by atoms with E-state index in [4.69, 9.17) is 0 Å². The molecule has 1 aromatic rings. The van der Waals surface area contributed by atoms with Crippen LogP contribution >= 0.6 is 55.4 Å². The molecule has 0 spiro atoms. The van der Waals surface area contributed by atoms with Crippen LogP contribution < -0.4 is 0 Å². The van der Waals surface area contributed by atoms with E-state index in [-0.39, 0.29) is 15.9 Å². The van der Waals surface area contributed by atoms with Crippen LogP contribution in [0.25, 0.3) is 0 Å². The second-order valence-electron chi connectivity index (χ2n) is 1.54. The van der Waals surface area contributed by atoms with Crippen LogP contribution in [-0.2, 0) is 10.1 Å². The summed E-state index contributed by atoms with van der Waals surface area (Å²) >= 11 is 8.05. The van der Waals surface area contributed by atoms with Crippen molar-refractivity contribution in [3.8, 4) is 0 Å². The maximum absolute atomic E-state index is 12.1. The first-order valence-corrected chi connectivity index (χ1v) is 21.6. The summed E-state index contributed by atoms with van der Waals surface area (Å²) in [6, 6.07) is 6.26. The summed E-state index contributed by atoms with van der Waals surface area (Å²) in [6.07, 6.45) is 0. The van der Waals surface area contributed by atoms with Crippen molar-refractivity contribution in [2.24, 2.45) is 0 Å². The topological polar surface area (TPSA) is 0 Å². The van der Waals surface area contributed by atoms with Crippen LogP contribution in [0.4, 0.5) is 4.39 Å². The quantitative estimate of drug-likeness (QED) is 0.372. The van der Waals surface area contributed by atoms with Gasteiger partial charge in [-0.2, -0.15) is 0 Å². The third-order valence-electron chi connectivity index (χ3n) is 0.787. The fraction of sp³-hybridized carbons (Fsp3) is 0.